The van der Waals surface area contributed by atoms with Crippen LogP contribution in [0, 0.1) is 6.92 Å². The Balaban J connectivity index is 1.98. The van der Waals surface area contributed by atoms with Gasteiger partial charge in [-0.3, -0.25) is 9.59 Å². The van der Waals surface area contributed by atoms with Gasteiger partial charge in [-0.15, -0.1) is 0 Å². The number of hydrogen-bond acceptors (Lipinski definition) is 3. The van der Waals surface area contributed by atoms with E-state index in [0.29, 0.717) is 17.9 Å². The molecule has 0 aliphatic rings. The van der Waals surface area contributed by atoms with Gasteiger partial charge in [0.15, 0.2) is 0 Å². The molecule has 1 N–H and O–H groups in total. The lowest BCUT2D eigenvalue weighted by molar-refractivity contribution is -0.117. The van der Waals surface area contributed by atoms with E-state index in [-0.39, 0.29) is 18.4 Å². The Bertz CT molecular complexity index is 619. The van der Waals surface area contributed by atoms with Crippen LogP contribution in [0.25, 0.3) is 0 Å². The van der Waals surface area contributed by atoms with E-state index in [1.165, 1.54) is 6.26 Å². The van der Waals surface area contributed by atoms with E-state index < -0.39 is 0 Å². The van der Waals surface area contributed by atoms with Crippen LogP contribution in [0.15, 0.2) is 47.1 Å². The van der Waals surface area contributed by atoms with Crippen molar-refractivity contribution in [2.45, 2.75) is 13.8 Å². The number of nitrogens with zero attached hydrogens (tertiary/aromatic N) is 1. The normalized spacial score (nSPS) is 10.2. The van der Waals surface area contributed by atoms with Crippen molar-refractivity contribution in [1.82, 2.24) is 5.32 Å². The van der Waals surface area contributed by atoms with Crippen molar-refractivity contribution >= 4 is 17.5 Å². The third kappa shape index (κ3) is 3.51. The Hall–Kier alpha value is -2.56. The quantitative estimate of drug-likeness (QED) is 0.918. The number of nitrogens with one attached hydrogen (secondary N) is 1. The Morgan fingerprint density at radius 3 is 2.48 bits per heavy atom. The van der Waals surface area contributed by atoms with Crippen LogP contribution < -0.4 is 10.2 Å². The smallest absolute Gasteiger partial charge is 0.255 e. The standard InChI is InChI=1S/C16H18N2O3/c1-3-18(13-7-5-4-6-8-13)15(19)11-17-16(20)14-9-10-21-12(14)2/h4-10H,3,11H2,1-2H3,(H,17,20). The van der Waals surface area contributed by atoms with Gasteiger partial charge in [0.1, 0.15) is 5.76 Å². The van der Waals surface area contributed by atoms with E-state index in [0.717, 1.165) is 5.69 Å². The predicted molar refractivity (Wildman–Crippen MR) is 80.2 cm³/mol. The highest BCUT2D eigenvalue weighted by Gasteiger charge is 2.16. The van der Waals surface area contributed by atoms with Crippen LogP contribution in [0.4, 0.5) is 5.69 Å². The number of aryl methyl sites for hydroxylation is 1. The van der Waals surface area contributed by atoms with E-state index in [4.69, 9.17) is 4.42 Å². The molecule has 0 fully saturated rings. The van der Waals surface area contributed by atoms with Gasteiger partial charge in [-0.1, -0.05) is 18.2 Å². The van der Waals surface area contributed by atoms with Crippen LogP contribution in [0.1, 0.15) is 23.0 Å². The molecule has 0 atom stereocenters. The average molecular weight is 286 g/mol. The molecular formula is C16H18N2O3. The number of rotatable bonds is 5. The Morgan fingerprint density at radius 2 is 1.90 bits per heavy atom. The third-order valence-corrected chi connectivity index (χ3v) is 3.19. The number of para-hydroxylation sites is 1. The fraction of sp³-hybridized carbons (Fsp3) is 0.250. The third-order valence-electron chi connectivity index (χ3n) is 3.19. The minimum absolute atomic E-state index is 0.0494. The van der Waals surface area contributed by atoms with Gasteiger partial charge in [0.05, 0.1) is 18.4 Å². The summed E-state index contributed by atoms with van der Waals surface area (Å²) >= 11 is 0. The van der Waals surface area contributed by atoms with Gasteiger partial charge in [-0.2, -0.15) is 0 Å². The lowest BCUT2D eigenvalue weighted by Gasteiger charge is -2.21. The van der Waals surface area contributed by atoms with E-state index in [1.807, 2.05) is 37.3 Å². The number of amides is 2. The second kappa shape index (κ2) is 6.74. The largest absolute Gasteiger partial charge is 0.469 e. The lowest BCUT2D eigenvalue weighted by atomic mass is 10.2. The van der Waals surface area contributed by atoms with Gasteiger partial charge < -0.3 is 14.6 Å². The van der Waals surface area contributed by atoms with Crippen LogP contribution in [0.3, 0.4) is 0 Å². The molecule has 21 heavy (non-hydrogen) atoms. The molecule has 2 rings (SSSR count). The van der Waals surface area contributed by atoms with Gasteiger partial charge >= 0.3 is 0 Å². The number of carbonyl (C=O) groups excluding carboxylic acids is 2. The molecule has 110 valence electrons. The van der Waals surface area contributed by atoms with Crippen molar-refractivity contribution in [1.29, 1.82) is 0 Å². The van der Waals surface area contributed by atoms with Crippen molar-refractivity contribution < 1.29 is 14.0 Å². The molecule has 2 aromatic rings. The number of carbonyl (C=O) groups is 2. The van der Waals surface area contributed by atoms with Crippen molar-refractivity contribution in [2.75, 3.05) is 18.0 Å². The monoisotopic (exact) mass is 286 g/mol. The van der Waals surface area contributed by atoms with Crippen molar-refractivity contribution in [2.24, 2.45) is 0 Å². The molecule has 0 aliphatic heterocycles. The Labute approximate surface area is 123 Å². The molecule has 0 unspecified atom stereocenters. The number of hydrogen-bond donors (Lipinski definition) is 1. The zero-order valence-corrected chi connectivity index (χ0v) is 12.1. The van der Waals surface area contributed by atoms with Crippen molar-refractivity contribution in [3.63, 3.8) is 0 Å². The van der Waals surface area contributed by atoms with E-state index in [9.17, 15) is 9.59 Å². The molecule has 5 heteroatoms. The maximum Gasteiger partial charge on any atom is 0.255 e. The highest BCUT2D eigenvalue weighted by Crippen LogP contribution is 2.13. The van der Waals surface area contributed by atoms with E-state index >= 15 is 0 Å². The zero-order chi connectivity index (χ0) is 15.2. The average Bonchev–Trinajstić information content (AvgIpc) is 2.93. The molecule has 0 aliphatic carbocycles. The molecule has 1 aromatic heterocycles. The molecule has 0 spiro atoms. The summed E-state index contributed by atoms with van der Waals surface area (Å²) in [5, 5.41) is 2.62. The molecule has 0 bridgehead atoms. The summed E-state index contributed by atoms with van der Waals surface area (Å²) in [5.41, 5.74) is 1.27. The summed E-state index contributed by atoms with van der Waals surface area (Å²) in [5.74, 6) is 0.0762. The van der Waals surface area contributed by atoms with Crippen LogP contribution in [0.5, 0.6) is 0 Å². The first kappa shape index (κ1) is 14.8. The van der Waals surface area contributed by atoms with Crippen LogP contribution in [0.2, 0.25) is 0 Å². The second-order valence-corrected chi connectivity index (χ2v) is 4.55. The maximum atomic E-state index is 12.2. The van der Waals surface area contributed by atoms with Crippen LogP contribution >= 0.6 is 0 Å². The summed E-state index contributed by atoms with van der Waals surface area (Å²) in [6.45, 7) is 4.10. The predicted octanol–water partition coefficient (Wildman–Crippen LogP) is 2.37. The SMILES string of the molecule is CCN(C(=O)CNC(=O)c1ccoc1C)c1ccccc1. The lowest BCUT2D eigenvalue weighted by Crippen LogP contribution is -2.40. The Morgan fingerprint density at radius 1 is 1.19 bits per heavy atom. The van der Waals surface area contributed by atoms with Crippen LogP contribution in [-0.4, -0.2) is 24.9 Å². The van der Waals surface area contributed by atoms with Crippen molar-refractivity contribution in [3.8, 4) is 0 Å². The summed E-state index contributed by atoms with van der Waals surface area (Å²) in [6, 6.07) is 11.0. The molecule has 0 saturated carbocycles. The molecule has 2 amide bonds. The molecule has 1 aromatic carbocycles. The first-order chi connectivity index (χ1) is 10.1. The van der Waals surface area contributed by atoms with Crippen LogP contribution in [-0.2, 0) is 4.79 Å². The zero-order valence-electron chi connectivity index (χ0n) is 12.1. The molecule has 0 saturated heterocycles. The maximum absolute atomic E-state index is 12.2. The highest BCUT2D eigenvalue weighted by atomic mass is 16.3. The molecular weight excluding hydrogens is 268 g/mol. The summed E-state index contributed by atoms with van der Waals surface area (Å²) in [7, 11) is 0. The first-order valence-electron chi connectivity index (χ1n) is 6.81. The van der Waals surface area contributed by atoms with Crippen molar-refractivity contribution in [3.05, 3.63) is 54.0 Å². The molecule has 1 heterocycles. The Kier molecular flexibility index (Phi) is 4.77. The minimum Gasteiger partial charge on any atom is -0.469 e. The van der Waals surface area contributed by atoms with E-state index in [2.05, 4.69) is 5.32 Å². The van der Waals surface area contributed by atoms with Gasteiger partial charge in [0, 0.05) is 12.2 Å². The van der Waals surface area contributed by atoms with E-state index in [1.54, 1.807) is 17.9 Å². The number of furan rings is 1. The van der Waals surface area contributed by atoms with Gasteiger partial charge in [-0.25, -0.2) is 0 Å². The summed E-state index contributed by atoms with van der Waals surface area (Å²) in [4.78, 5) is 25.8. The topological polar surface area (TPSA) is 62.6 Å². The fourth-order valence-corrected chi connectivity index (χ4v) is 2.08. The van der Waals surface area contributed by atoms with Gasteiger partial charge in [-0.05, 0) is 32.0 Å². The number of likely N-dealkylation sites (N-methyl/N-ethyl adjacent to an activating group) is 1. The number of anilines is 1. The highest BCUT2D eigenvalue weighted by molar-refractivity contribution is 6.00. The first-order valence-corrected chi connectivity index (χ1v) is 6.81. The number of benzene rings is 1. The second-order valence-electron chi connectivity index (χ2n) is 4.55. The van der Waals surface area contributed by atoms with Gasteiger partial charge in [0.25, 0.3) is 5.91 Å². The summed E-state index contributed by atoms with van der Waals surface area (Å²) < 4.78 is 5.07. The molecule has 0 radical (unpaired) electrons. The summed E-state index contributed by atoms with van der Waals surface area (Å²) in [6.07, 6.45) is 1.45. The fourth-order valence-electron chi connectivity index (χ4n) is 2.08. The van der Waals surface area contributed by atoms with Gasteiger partial charge in [0.2, 0.25) is 5.91 Å². The minimum atomic E-state index is -0.307. The molecule has 5 nitrogen and oxygen atoms in total.